The quantitative estimate of drug-likeness (QED) is 0.141. The first-order valence-corrected chi connectivity index (χ1v) is 22.1. The zero-order valence-corrected chi connectivity index (χ0v) is 41.6. The van der Waals surface area contributed by atoms with E-state index in [2.05, 4.69) is 127 Å². The van der Waals surface area contributed by atoms with Crippen molar-refractivity contribution >= 4 is 76.5 Å². The van der Waals surface area contributed by atoms with Gasteiger partial charge in [0.15, 0.2) is 0 Å². The van der Waals surface area contributed by atoms with Crippen LogP contribution in [0.1, 0.15) is 0 Å². The second-order valence-corrected chi connectivity index (χ2v) is 16.7. The molecule has 0 amide bonds. The van der Waals surface area contributed by atoms with Crippen molar-refractivity contribution in [1.29, 1.82) is 0 Å². The van der Waals surface area contributed by atoms with Crippen LogP contribution in [0, 0.1) is 24.3 Å². The van der Waals surface area contributed by atoms with Gasteiger partial charge in [0.2, 0.25) is 0 Å². The van der Waals surface area contributed by atoms with Crippen molar-refractivity contribution in [3.8, 4) is 46.0 Å². The van der Waals surface area contributed by atoms with E-state index < -0.39 is 0 Å². The van der Waals surface area contributed by atoms with Crippen molar-refractivity contribution < 1.29 is 51.6 Å². The molecule has 0 aliphatic rings. The summed E-state index contributed by atoms with van der Waals surface area (Å²) in [6.45, 7) is 0. The van der Waals surface area contributed by atoms with Crippen molar-refractivity contribution in [3.63, 3.8) is 0 Å². The van der Waals surface area contributed by atoms with Crippen molar-refractivity contribution in [2.24, 2.45) is 14.1 Å². The Bertz CT molecular complexity index is 4010. The van der Waals surface area contributed by atoms with Crippen LogP contribution in [0.4, 0.5) is 0 Å². The molecule has 0 spiro atoms. The van der Waals surface area contributed by atoms with Gasteiger partial charge in [-0.15, -0.1) is 48.5 Å². The van der Waals surface area contributed by atoms with Crippen LogP contribution in [-0.4, -0.2) is 47.8 Å². The number of aryl methyl sites for hydroxylation is 2. The molecule has 14 aromatic rings. The maximum atomic E-state index is 6.94. The van der Waals surface area contributed by atoms with Crippen LogP contribution < -0.4 is 9.47 Å². The predicted molar refractivity (Wildman–Crippen MR) is 264 cm³/mol. The molecule has 0 saturated carbocycles. The minimum atomic E-state index is 0. The van der Waals surface area contributed by atoms with E-state index in [0.717, 1.165) is 87.8 Å². The molecule has 14 heteroatoms. The Hall–Kier alpha value is -8.04. The molecule has 70 heavy (non-hydrogen) atoms. The van der Waals surface area contributed by atoms with E-state index in [1.165, 1.54) is 0 Å². The SMILES string of the molecule is Cn1c2ccccc2c2c(Oc3[c-]c4c(cc3)c3c(c5ccc(Oc6[c-]c(-n7cccn7)cc7c6c6ccccc6n7C)[c-]c5n3-c3ccccn3)n4-c3ccccn3)[c-]c(-n3cccn3)cc21.[Pt+2].[Pt+2]. The fourth-order valence-corrected chi connectivity index (χ4v) is 9.92. The average Bonchev–Trinajstić information content (AvgIpc) is 4.26. The van der Waals surface area contributed by atoms with E-state index >= 15 is 0 Å². The molecule has 0 saturated heterocycles. The molecule has 340 valence electrons. The molecular weight excluding hydrogens is 1230 g/mol. The molecule has 0 N–H and O–H groups in total. The second-order valence-electron chi connectivity index (χ2n) is 16.7. The van der Waals surface area contributed by atoms with E-state index in [9.17, 15) is 0 Å². The largest absolute Gasteiger partial charge is 2.00 e. The van der Waals surface area contributed by atoms with Gasteiger partial charge in [-0.05, 0) is 70.7 Å². The van der Waals surface area contributed by atoms with Crippen LogP contribution in [0.2, 0.25) is 0 Å². The van der Waals surface area contributed by atoms with Gasteiger partial charge in [0.25, 0.3) is 0 Å². The van der Waals surface area contributed by atoms with E-state index in [4.69, 9.17) is 19.4 Å². The molecular formula is C56H34N10O2Pt2. The molecule has 0 unspecified atom stereocenters. The van der Waals surface area contributed by atoms with Crippen molar-refractivity contribution in [2.45, 2.75) is 0 Å². The molecule has 0 bridgehead atoms. The van der Waals surface area contributed by atoms with Gasteiger partial charge < -0.3 is 27.7 Å². The molecule has 8 aromatic heterocycles. The smallest absolute Gasteiger partial charge is 0.508 e. The summed E-state index contributed by atoms with van der Waals surface area (Å²) in [6.07, 6.45) is 10.9. The third-order valence-corrected chi connectivity index (χ3v) is 12.9. The first kappa shape index (κ1) is 43.3. The maximum absolute atomic E-state index is 6.94. The maximum Gasteiger partial charge on any atom is 2.00 e. The Morgan fingerprint density at radius 3 is 1.29 bits per heavy atom. The Balaban J connectivity index is 0.00000252. The number of rotatable bonds is 8. The summed E-state index contributed by atoms with van der Waals surface area (Å²) >= 11 is 0. The number of benzene rings is 6. The number of hydrogen-bond donors (Lipinski definition) is 0. The van der Waals surface area contributed by atoms with Crippen LogP contribution in [0.15, 0.2) is 171 Å². The van der Waals surface area contributed by atoms with Crippen LogP contribution in [0.25, 0.3) is 99.5 Å². The van der Waals surface area contributed by atoms with Crippen molar-refractivity contribution in [1.82, 2.24) is 47.8 Å². The van der Waals surface area contributed by atoms with Crippen LogP contribution in [0.5, 0.6) is 23.0 Å². The average molecular weight is 1270 g/mol. The Labute approximate surface area is 428 Å². The predicted octanol–water partition coefficient (Wildman–Crippen LogP) is 12.0. The van der Waals surface area contributed by atoms with Gasteiger partial charge >= 0.3 is 42.1 Å². The van der Waals surface area contributed by atoms with Gasteiger partial charge in [-0.1, -0.05) is 92.1 Å². The Morgan fingerprint density at radius 2 is 0.871 bits per heavy atom. The van der Waals surface area contributed by atoms with Crippen LogP contribution in [-0.2, 0) is 56.2 Å². The number of hydrogen-bond acceptors (Lipinski definition) is 6. The monoisotopic (exact) mass is 1270 g/mol. The summed E-state index contributed by atoms with van der Waals surface area (Å²) in [4.78, 5) is 9.82. The van der Waals surface area contributed by atoms with Gasteiger partial charge in [-0.25, -0.2) is 9.97 Å². The summed E-state index contributed by atoms with van der Waals surface area (Å²) in [5, 5.41) is 14.9. The first-order chi connectivity index (χ1) is 33.6. The van der Waals surface area contributed by atoms with Crippen molar-refractivity contribution in [2.75, 3.05) is 0 Å². The third-order valence-electron chi connectivity index (χ3n) is 12.9. The number of aromatic nitrogens is 10. The van der Waals surface area contributed by atoms with E-state index in [-0.39, 0.29) is 42.1 Å². The normalized spacial score (nSPS) is 11.6. The van der Waals surface area contributed by atoms with Crippen molar-refractivity contribution in [3.05, 3.63) is 195 Å². The van der Waals surface area contributed by atoms with Crippen LogP contribution in [0.3, 0.4) is 0 Å². The standard InChI is InChI=1S/C56H34N10O2.2Pt/c1-61-43-15-5-3-13-39(43)53-47(61)29-35(63-27-11-25-59-63)31-49(53)67-37-19-21-41-45(33-37)65(51-17-7-9-23-57-51)56-42-22-20-38(34-46(42)66(55(41)56)52-18-8-10-24-58-52)68-50-32-36(64-28-12-26-60-64)30-48-54(50)40-14-4-6-16-44(40)62(48)2;;/h3-30H,1-2H3;;/q-4;2*+2. The number of fused-ring (bicyclic) bond motifs is 11. The number of pyridine rings is 2. The van der Waals surface area contributed by atoms with E-state index in [1.54, 1.807) is 34.2 Å². The molecule has 12 nitrogen and oxygen atoms in total. The zero-order valence-electron chi connectivity index (χ0n) is 37.1. The molecule has 0 aliphatic heterocycles. The Kier molecular flexibility index (Phi) is 10.4. The van der Waals surface area contributed by atoms with Crippen LogP contribution >= 0.6 is 0 Å². The third kappa shape index (κ3) is 6.58. The van der Waals surface area contributed by atoms with Gasteiger partial charge in [-0.2, -0.15) is 22.3 Å². The number of para-hydroxylation sites is 2. The van der Waals surface area contributed by atoms with E-state index in [0.29, 0.717) is 34.6 Å². The topological polar surface area (TPSA) is 99.6 Å². The summed E-state index contributed by atoms with van der Waals surface area (Å²) in [5.74, 6) is 3.60. The molecule has 8 heterocycles. The molecule has 14 rings (SSSR count). The molecule has 0 aliphatic carbocycles. The fraction of sp³-hybridized carbons (Fsp3) is 0.0357. The summed E-state index contributed by atoms with van der Waals surface area (Å²) in [7, 11) is 4.14. The fourth-order valence-electron chi connectivity index (χ4n) is 9.92. The van der Waals surface area contributed by atoms with E-state index in [1.807, 2.05) is 85.2 Å². The molecule has 0 radical (unpaired) electrons. The first-order valence-electron chi connectivity index (χ1n) is 22.1. The molecule has 0 atom stereocenters. The molecule has 6 aromatic carbocycles. The molecule has 0 fully saturated rings. The summed E-state index contributed by atoms with van der Waals surface area (Å²) < 4.78 is 26.1. The number of ether oxygens (including phenoxy) is 2. The van der Waals surface area contributed by atoms with Gasteiger partial charge in [0.1, 0.15) is 11.6 Å². The minimum Gasteiger partial charge on any atom is -0.508 e. The summed E-state index contributed by atoms with van der Waals surface area (Å²) in [6, 6.07) is 59.1. The summed E-state index contributed by atoms with van der Waals surface area (Å²) in [5.41, 5.74) is 9.03. The second kappa shape index (κ2) is 16.9. The van der Waals surface area contributed by atoms with Gasteiger partial charge in [0.05, 0.1) is 0 Å². The minimum absolute atomic E-state index is 0. The number of nitrogens with zero attached hydrogens (tertiary/aromatic N) is 10. The zero-order chi connectivity index (χ0) is 45.0. The van der Waals surface area contributed by atoms with Gasteiger partial charge in [0, 0.05) is 96.3 Å². The Morgan fingerprint density at radius 1 is 0.429 bits per heavy atom. The van der Waals surface area contributed by atoms with Gasteiger partial charge in [-0.3, -0.25) is 9.36 Å².